The van der Waals surface area contributed by atoms with Crippen LogP contribution in [0, 0.1) is 0 Å². The summed E-state index contributed by atoms with van der Waals surface area (Å²) < 4.78 is 0. The molecule has 0 atom stereocenters. The molecule has 0 radical (unpaired) electrons. The second-order valence-electron chi connectivity index (χ2n) is 2.51. The molecule has 0 aromatic carbocycles. The third kappa shape index (κ3) is 7.41. The first-order chi connectivity index (χ1) is 4.77. The number of allylic oxidation sites excluding steroid dienone is 2. The molecule has 0 spiro atoms. The van der Waals surface area contributed by atoms with Gasteiger partial charge in [-0.15, -0.1) is 0 Å². The molecule has 0 heterocycles. The minimum absolute atomic E-state index is 0.150. The highest BCUT2D eigenvalue weighted by atomic mass is 16.1. The SMILES string of the molecule is CCCCC/C=C/C(C)=O. The summed E-state index contributed by atoms with van der Waals surface area (Å²) in [6.45, 7) is 3.75. The van der Waals surface area contributed by atoms with Gasteiger partial charge >= 0.3 is 0 Å². The molecule has 0 aliphatic heterocycles. The lowest BCUT2D eigenvalue weighted by molar-refractivity contribution is -0.112. The van der Waals surface area contributed by atoms with E-state index in [0.29, 0.717) is 0 Å². The maximum absolute atomic E-state index is 10.4. The predicted molar refractivity (Wildman–Crippen MR) is 44.0 cm³/mol. The molecule has 0 fully saturated rings. The van der Waals surface area contributed by atoms with Gasteiger partial charge in [-0.3, -0.25) is 4.79 Å². The summed E-state index contributed by atoms with van der Waals surface area (Å²) in [6, 6.07) is 0. The van der Waals surface area contributed by atoms with Gasteiger partial charge in [-0.1, -0.05) is 25.8 Å². The zero-order chi connectivity index (χ0) is 7.82. The van der Waals surface area contributed by atoms with Crippen LogP contribution in [-0.4, -0.2) is 5.78 Å². The van der Waals surface area contributed by atoms with Crippen LogP contribution in [0.2, 0.25) is 0 Å². The average Bonchev–Trinajstić information content (AvgIpc) is 1.87. The summed E-state index contributed by atoms with van der Waals surface area (Å²) >= 11 is 0. The first kappa shape index (κ1) is 9.41. The van der Waals surface area contributed by atoms with Crippen molar-refractivity contribution in [3.63, 3.8) is 0 Å². The van der Waals surface area contributed by atoms with Gasteiger partial charge in [0.15, 0.2) is 5.78 Å². The van der Waals surface area contributed by atoms with Gasteiger partial charge in [0.05, 0.1) is 0 Å². The van der Waals surface area contributed by atoms with Crippen molar-refractivity contribution in [2.24, 2.45) is 0 Å². The molecular formula is C9H16O. The van der Waals surface area contributed by atoms with E-state index in [4.69, 9.17) is 0 Å². The van der Waals surface area contributed by atoms with Crippen molar-refractivity contribution in [2.75, 3.05) is 0 Å². The monoisotopic (exact) mass is 140 g/mol. The Morgan fingerprint density at radius 2 is 2.10 bits per heavy atom. The van der Waals surface area contributed by atoms with E-state index >= 15 is 0 Å². The summed E-state index contributed by atoms with van der Waals surface area (Å²) in [7, 11) is 0. The molecule has 0 N–H and O–H groups in total. The van der Waals surface area contributed by atoms with Crippen LogP contribution in [0.1, 0.15) is 39.5 Å². The fraction of sp³-hybridized carbons (Fsp3) is 0.667. The molecular weight excluding hydrogens is 124 g/mol. The molecule has 0 aliphatic rings. The largest absolute Gasteiger partial charge is 0.295 e. The van der Waals surface area contributed by atoms with Crippen LogP contribution in [0.25, 0.3) is 0 Å². The summed E-state index contributed by atoms with van der Waals surface area (Å²) in [6.07, 6.45) is 8.37. The van der Waals surface area contributed by atoms with E-state index in [1.54, 1.807) is 13.0 Å². The van der Waals surface area contributed by atoms with Crippen LogP contribution in [0.3, 0.4) is 0 Å². The van der Waals surface area contributed by atoms with Crippen LogP contribution in [0.4, 0.5) is 0 Å². The van der Waals surface area contributed by atoms with Crippen molar-refractivity contribution in [3.05, 3.63) is 12.2 Å². The van der Waals surface area contributed by atoms with E-state index in [-0.39, 0.29) is 5.78 Å². The van der Waals surface area contributed by atoms with Gasteiger partial charge in [0.25, 0.3) is 0 Å². The maximum atomic E-state index is 10.4. The van der Waals surface area contributed by atoms with Crippen LogP contribution in [0.5, 0.6) is 0 Å². The number of carbonyl (C=O) groups is 1. The Kier molecular flexibility index (Phi) is 6.14. The van der Waals surface area contributed by atoms with Crippen molar-refractivity contribution < 1.29 is 4.79 Å². The lowest BCUT2D eigenvalue weighted by Gasteiger charge is -1.89. The lowest BCUT2D eigenvalue weighted by atomic mass is 10.2. The molecule has 0 aromatic heterocycles. The number of carbonyl (C=O) groups excluding carboxylic acids is 1. The van der Waals surface area contributed by atoms with Gasteiger partial charge in [0, 0.05) is 0 Å². The van der Waals surface area contributed by atoms with Gasteiger partial charge in [-0.25, -0.2) is 0 Å². The van der Waals surface area contributed by atoms with Crippen molar-refractivity contribution in [2.45, 2.75) is 39.5 Å². The molecule has 0 amide bonds. The Labute approximate surface area is 63.1 Å². The first-order valence-electron chi connectivity index (χ1n) is 3.94. The Bertz CT molecular complexity index is 114. The van der Waals surface area contributed by atoms with E-state index in [2.05, 4.69) is 6.92 Å². The van der Waals surface area contributed by atoms with Gasteiger partial charge in [0.1, 0.15) is 0 Å². The molecule has 0 unspecified atom stereocenters. The van der Waals surface area contributed by atoms with E-state index in [1.807, 2.05) is 6.08 Å². The minimum atomic E-state index is 0.150. The van der Waals surface area contributed by atoms with E-state index in [9.17, 15) is 4.79 Å². The molecule has 0 aromatic rings. The minimum Gasteiger partial charge on any atom is -0.295 e. The molecule has 0 saturated carbocycles. The van der Waals surface area contributed by atoms with Gasteiger partial charge in [-0.05, 0) is 25.8 Å². The van der Waals surface area contributed by atoms with Crippen molar-refractivity contribution in [3.8, 4) is 0 Å². The standard InChI is InChI=1S/C9H16O/c1-3-4-5-6-7-8-9(2)10/h7-8H,3-6H2,1-2H3/b8-7+. The van der Waals surface area contributed by atoms with E-state index in [0.717, 1.165) is 6.42 Å². The zero-order valence-corrected chi connectivity index (χ0v) is 6.89. The number of hydrogen-bond acceptors (Lipinski definition) is 1. The predicted octanol–water partition coefficient (Wildman–Crippen LogP) is 2.71. The second-order valence-corrected chi connectivity index (χ2v) is 2.51. The fourth-order valence-corrected chi connectivity index (χ4v) is 0.761. The van der Waals surface area contributed by atoms with Crippen molar-refractivity contribution in [1.29, 1.82) is 0 Å². The Balaban J connectivity index is 3.10. The van der Waals surface area contributed by atoms with Gasteiger partial charge < -0.3 is 0 Å². The number of rotatable bonds is 5. The molecule has 0 aliphatic carbocycles. The highest BCUT2D eigenvalue weighted by Gasteiger charge is 1.83. The Hall–Kier alpha value is -0.590. The molecule has 0 bridgehead atoms. The molecule has 1 heteroatoms. The smallest absolute Gasteiger partial charge is 0.152 e. The summed E-state index contributed by atoms with van der Waals surface area (Å²) in [5.74, 6) is 0.150. The van der Waals surface area contributed by atoms with Crippen LogP contribution in [-0.2, 0) is 4.79 Å². The summed E-state index contributed by atoms with van der Waals surface area (Å²) in [4.78, 5) is 10.4. The number of ketones is 1. The summed E-state index contributed by atoms with van der Waals surface area (Å²) in [5, 5.41) is 0. The fourth-order valence-electron chi connectivity index (χ4n) is 0.761. The topological polar surface area (TPSA) is 17.1 Å². The zero-order valence-electron chi connectivity index (χ0n) is 6.89. The van der Waals surface area contributed by atoms with Crippen LogP contribution >= 0.6 is 0 Å². The van der Waals surface area contributed by atoms with Crippen molar-refractivity contribution >= 4 is 5.78 Å². The van der Waals surface area contributed by atoms with E-state index < -0.39 is 0 Å². The molecule has 10 heavy (non-hydrogen) atoms. The Morgan fingerprint density at radius 1 is 1.40 bits per heavy atom. The third-order valence-corrected chi connectivity index (χ3v) is 1.33. The lowest BCUT2D eigenvalue weighted by Crippen LogP contribution is -1.79. The normalized spacial score (nSPS) is 10.6. The molecule has 0 rings (SSSR count). The van der Waals surface area contributed by atoms with Gasteiger partial charge in [-0.2, -0.15) is 0 Å². The summed E-state index contributed by atoms with van der Waals surface area (Å²) in [5.41, 5.74) is 0. The highest BCUT2D eigenvalue weighted by molar-refractivity contribution is 5.87. The van der Waals surface area contributed by atoms with Crippen LogP contribution < -0.4 is 0 Å². The number of hydrogen-bond donors (Lipinski definition) is 0. The van der Waals surface area contributed by atoms with Crippen molar-refractivity contribution in [1.82, 2.24) is 0 Å². The van der Waals surface area contributed by atoms with E-state index in [1.165, 1.54) is 19.3 Å². The average molecular weight is 140 g/mol. The van der Waals surface area contributed by atoms with Crippen LogP contribution in [0.15, 0.2) is 12.2 Å². The Morgan fingerprint density at radius 3 is 2.60 bits per heavy atom. The first-order valence-corrected chi connectivity index (χ1v) is 3.94. The molecule has 0 saturated heterocycles. The quantitative estimate of drug-likeness (QED) is 0.424. The highest BCUT2D eigenvalue weighted by Crippen LogP contribution is 1.99. The molecule has 1 nitrogen and oxygen atoms in total. The third-order valence-electron chi connectivity index (χ3n) is 1.33. The maximum Gasteiger partial charge on any atom is 0.152 e. The van der Waals surface area contributed by atoms with Gasteiger partial charge in [0.2, 0.25) is 0 Å². The second kappa shape index (κ2) is 6.53. The molecule has 58 valence electrons. The number of unbranched alkanes of at least 4 members (excludes halogenated alkanes) is 3.